The molecule has 2 unspecified atom stereocenters. The van der Waals surface area contributed by atoms with E-state index in [9.17, 15) is 0 Å². The molecule has 0 amide bonds. The van der Waals surface area contributed by atoms with Crippen LogP contribution in [-0.4, -0.2) is 0 Å². The fourth-order valence-electron chi connectivity index (χ4n) is 4.32. The number of benzene rings is 3. The molecule has 3 aromatic rings. The van der Waals surface area contributed by atoms with Gasteiger partial charge in [-0.05, 0) is 52.1 Å². The van der Waals surface area contributed by atoms with Crippen LogP contribution in [0.1, 0.15) is 54.4 Å². The standard InChI is InChI=1S/C24H24/c1-3-19(18-10-5-4-6-11-18)21-14-9-15-23-22-13-8-7-12-20(22)17(2)16-24(21)23/h4-15,17,19H,3,16H2,1-2H3. The monoisotopic (exact) mass is 312 g/mol. The third-order valence-electron chi connectivity index (χ3n) is 5.49. The first-order valence-electron chi connectivity index (χ1n) is 9.05. The van der Waals surface area contributed by atoms with E-state index in [0.717, 1.165) is 12.8 Å². The number of hydrogen-bond donors (Lipinski definition) is 0. The average Bonchev–Trinajstić information content (AvgIpc) is 2.64. The van der Waals surface area contributed by atoms with Gasteiger partial charge in [0.1, 0.15) is 0 Å². The summed E-state index contributed by atoms with van der Waals surface area (Å²) in [5, 5.41) is 0. The summed E-state index contributed by atoms with van der Waals surface area (Å²) >= 11 is 0. The summed E-state index contributed by atoms with van der Waals surface area (Å²) in [5.74, 6) is 1.07. The Kier molecular flexibility index (Phi) is 3.98. The highest BCUT2D eigenvalue weighted by atomic mass is 14.3. The van der Waals surface area contributed by atoms with Gasteiger partial charge in [-0.1, -0.05) is 86.6 Å². The van der Waals surface area contributed by atoms with Crippen molar-refractivity contribution in [1.29, 1.82) is 0 Å². The molecule has 0 aromatic heterocycles. The molecule has 0 radical (unpaired) electrons. The predicted octanol–water partition coefficient (Wildman–Crippen LogP) is 6.56. The summed E-state index contributed by atoms with van der Waals surface area (Å²) in [7, 11) is 0. The molecule has 0 fully saturated rings. The number of fused-ring (bicyclic) bond motifs is 3. The van der Waals surface area contributed by atoms with E-state index in [4.69, 9.17) is 0 Å². The van der Waals surface area contributed by atoms with E-state index in [1.54, 1.807) is 5.56 Å². The molecule has 0 heterocycles. The lowest BCUT2D eigenvalue weighted by atomic mass is 9.74. The summed E-state index contributed by atoms with van der Waals surface area (Å²) in [6, 6.07) is 26.8. The van der Waals surface area contributed by atoms with Gasteiger partial charge in [0.25, 0.3) is 0 Å². The van der Waals surface area contributed by atoms with Crippen LogP contribution in [0.25, 0.3) is 11.1 Å². The SMILES string of the molecule is CCC(c1ccccc1)c1cccc2c1CC(C)c1ccccc1-2. The maximum atomic E-state index is 2.36. The van der Waals surface area contributed by atoms with Gasteiger partial charge < -0.3 is 0 Å². The molecule has 4 rings (SSSR count). The molecular formula is C24H24. The molecule has 0 spiro atoms. The smallest absolute Gasteiger partial charge is 0.00896 e. The first kappa shape index (κ1) is 15.2. The van der Waals surface area contributed by atoms with Crippen LogP contribution in [0.15, 0.2) is 72.8 Å². The van der Waals surface area contributed by atoms with Crippen LogP contribution in [-0.2, 0) is 6.42 Å². The summed E-state index contributed by atoms with van der Waals surface area (Å²) in [6.45, 7) is 4.67. The van der Waals surface area contributed by atoms with Crippen LogP contribution in [0.5, 0.6) is 0 Å². The molecule has 1 aliphatic carbocycles. The maximum absolute atomic E-state index is 2.36. The Balaban J connectivity index is 1.89. The van der Waals surface area contributed by atoms with Crippen LogP contribution < -0.4 is 0 Å². The van der Waals surface area contributed by atoms with Gasteiger partial charge in [0, 0.05) is 5.92 Å². The fourth-order valence-corrected chi connectivity index (χ4v) is 4.32. The molecule has 2 atom stereocenters. The van der Waals surface area contributed by atoms with Crippen molar-refractivity contribution in [1.82, 2.24) is 0 Å². The van der Waals surface area contributed by atoms with E-state index in [-0.39, 0.29) is 0 Å². The maximum Gasteiger partial charge on any atom is 0.00896 e. The molecule has 0 saturated heterocycles. The van der Waals surface area contributed by atoms with Gasteiger partial charge >= 0.3 is 0 Å². The van der Waals surface area contributed by atoms with E-state index in [1.807, 2.05) is 0 Å². The van der Waals surface area contributed by atoms with Gasteiger partial charge in [0.15, 0.2) is 0 Å². The predicted molar refractivity (Wildman–Crippen MR) is 103 cm³/mol. The molecular weight excluding hydrogens is 288 g/mol. The van der Waals surface area contributed by atoms with Crippen molar-refractivity contribution in [3.05, 3.63) is 95.1 Å². The third-order valence-corrected chi connectivity index (χ3v) is 5.49. The Morgan fingerprint density at radius 2 is 1.54 bits per heavy atom. The Bertz CT molecular complexity index is 845. The van der Waals surface area contributed by atoms with Crippen molar-refractivity contribution in [3.8, 4) is 11.1 Å². The first-order chi connectivity index (χ1) is 11.8. The lowest BCUT2D eigenvalue weighted by molar-refractivity contribution is 0.712. The fraction of sp³-hybridized carbons (Fsp3) is 0.250. The van der Waals surface area contributed by atoms with Gasteiger partial charge in [-0.2, -0.15) is 0 Å². The van der Waals surface area contributed by atoms with Crippen molar-refractivity contribution in [3.63, 3.8) is 0 Å². The molecule has 0 saturated carbocycles. The van der Waals surface area contributed by atoms with E-state index in [2.05, 4.69) is 86.6 Å². The Hall–Kier alpha value is -2.34. The van der Waals surface area contributed by atoms with Gasteiger partial charge in [-0.3, -0.25) is 0 Å². The topological polar surface area (TPSA) is 0 Å². The van der Waals surface area contributed by atoms with Crippen LogP contribution in [0.4, 0.5) is 0 Å². The van der Waals surface area contributed by atoms with E-state index < -0.39 is 0 Å². The minimum atomic E-state index is 0.485. The zero-order valence-electron chi connectivity index (χ0n) is 14.5. The van der Waals surface area contributed by atoms with Crippen molar-refractivity contribution in [2.24, 2.45) is 0 Å². The van der Waals surface area contributed by atoms with E-state index >= 15 is 0 Å². The van der Waals surface area contributed by atoms with Gasteiger partial charge in [-0.25, -0.2) is 0 Å². The normalized spacial score (nSPS) is 17.0. The molecule has 0 heteroatoms. The highest BCUT2D eigenvalue weighted by Gasteiger charge is 2.25. The van der Waals surface area contributed by atoms with Crippen LogP contribution in [0.3, 0.4) is 0 Å². The highest BCUT2D eigenvalue weighted by molar-refractivity contribution is 5.75. The molecule has 24 heavy (non-hydrogen) atoms. The van der Waals surface area contributed by atoms with Crippen LogP contribution >= 0.6 is 0 Å². The zero-order valence-corrected chi connectivity index (χ0v) is 14.5. The van der Waals surface area contributed by atoms with Crippen molar-refractivity contribution in [2.45, 2.75) is 38.5 Å². The Labute approximate surface area is 145 Å². The summed E-state index contributed by atoms with van der Waals surface area (Å²) in [4.78, 5) is 0. The number of rotatable bonds is 3. The summed E-state index contributed by atoms with van der Waals surface area (Å²) in [5.41, 5.74) is 8.86. The van der Waals surface area contributed by atoms with Crippen LogP contribution in [0, 0.1) is 0 Å². The van der Waals surface area contributed by atoms with Crippen molar-refractivity contribution in [2.75, 3.05) is 0 Å². The number of hydrogen-bond acceptors (Lipinski definition) is 0. The summed E-state index contributed by atoms with van der Waals surface area (Å²) < 4.78 is 0. The van der Waals surface area contributed by atoms with Gasteiger partial charge in [-0.15, -0.1) is 0 Å². The van der Waals surface area contributed by atoms with Crippen molar-refractivity contribution < 1.29 is 0 Å². The molecule has 1 aliphatic rings. The lowest BCUT2D eigenvalue weighted by Gasteiger charge is -2.30. The molecule has 120 valence electrons. The molecule has 0 aliphatic heterocycles. The minimum absolute atomic E-state index is 0.485. The quantitative estimate of drug-likeness (QED) is 0.514. The lowest BCUT2D eigenvalue weighted by Crippen LogP contribution is -2.13. The highest BCUT2D eigenvalue weighted by Crippen LogP contribution is 2.43. The molecule has 3 aromatic carbocycles. The van der Waals surface area contributed by atoms with Crippen LogP contribution in [0.2, 0.25) is 0 Å². The van der Waals surface area contributed by atoms with E-state index in [0.29, 0.717) is 11.8 Å². The molecule has 0 nitrogen and oxygen atoms in total. The molecule has 0 N–H and O–H groups in total. The molecule has 0 bridgehead atoms. The largest absolute Gasteiger partial charge is 0.0645 e. The van der Waals surface area contributed by atoms with Crippen molar-refractivity contribution >= 4 is 0 Å². The Morgan fingerprint density at radius 1 is 0.833 bits per heavy atom. The van der Waals surface area contributed by atoms with Gasteiger partial charge in [0.05, 0.1) is 0 Å². The second-order valence-corrected chi connectivity index (χ2v) is 6.94. The zero-order chi connectivity index (χ0) is 16.5. The van der Waals surface area contributed by atoms with Gasteiger partial charge in [0.2, 0.25) is 0 Å². The summed E-state index contributed by atoms with van der Waals surface area (Å²) in [6.07, 6.45) is 2.28. The first-order valence-corrected chi connectivity index (χ1v) is 9.05. The second kappa shape index (κ2) is 6.28. The van der Waals surface area contributed by atoms with E-state index in [1.165, 1.54) is 27.8 Å². The average molecular weight is 312 g/mol. The second-order valence-electron chi connectivity index (χ2n) is 6.94. The third kappa shape index (κ3) is 2.47. The Morgan fingerprint density at radius 3 is 2.33 bits per heavy atom. The minimum Gasteiger partial charge on any atom is -0.0645 e.